The number of thioether (sulfide) groups is 1. The molecule has 0 amide bonds. The summed E-state index contributed by atoms with van der Waals surface area (Å²) in [5.41, 5.74) is 0.136. The van der Waals surface area contributed by atoms with E-state index in [1.165, 1.54) is 18.9 Å². The lowest BCUT2D eigenvalue weighted by Gasteiger charge is -2.17. The number of carbonyl (C=O) groups is 1. The number of benzene rings is 1. The van der Waals surface area contributed by atoms with Crippen molar-refractivity contribution in [2.45, 2.75) is 36.9 Å². The van der Waals surface area contributed by atoms with Crippen molar-refractivity contribution in [1.82, 2.24) is 9.55 Å². The number of aromatic nitrogens is 2. The predicted molar refractivity (Wildman–Crippen MR) is 102 cm³/mol. The zero-order chi connectivity index (χ0) is 19.2. The molecule has 0 bridgehead atoms. The highest BCUT2D eigenvalue weighted by Crippen LogP contribution is 2.31. The first-order chi connectivity index (χ1) is 13.1. The molecule has 1 aliphatic rings. The summed E-state index contributed by atoms with van der Waals surface area (Å²) in [6.07, 6.45) is 4.08. The minimum absolute atomic E-state index is 0.133. The molecular weight excluding hydrogens is 368 g/mol. The highest BCUT2D eigenvalue weighted by Gasteiger charge is 2.22. The Kier molecular flexibility index (Phi) is 6.39. The fourth-order valence-corrected chi connectivity index (χ4v) is 4.10. The van der Waals surface area contributed by atoms with Crippen molar-refractivity contribution in [3.05, 3.63) is 46.2 Å². The smallest absolute Gasteiger partial charge is 0.341 e. The van der Waals surface area contributed by atoms with Crippen molar-refractivity contribution in [2.24, 2.45) is 0 Å². The van der Waals surface area contributed by atoms with Gasteiger partial charge in [-0.1, -0.05) is 36.7 Å². The number of aromatic hydroxyl groups is 1. The van der Waals surface area contributed by atoms with Crippen molar-refractivity contribution in [2.75, 3.05) is 19.5 Å². The van der Waals surface area contributed by atoms with E-state index in [0.717, 1.165) is 31.7 Å². The summed E-state index contributed by atoms with van der Waals surface area (Å²) in [6, 6.07) is 8.16. The Morgan fingerprint density at radius 2 is 2.07 bits per heavy atom. The number of esters is 1. The summed E-state index contributed by atoms with van der Waals surface area (Å²) < 4.78 is 12.1. The molecule has 1 N–H and O–H groups in total. The molecule has 1 aromatic heterocycles. The third-order valence-electron chi connectivity index (χ3n) is 4.46. The molecule has 2 aromatic rings. The predicted octanol–water partition coefficient (Wildman–Crippen LogP) is 3.02. The third-order valence-corrected chi connectivity index (χ3v) is 5.38. The molecule has 0 saturated heterocycles. The molecule has 1 heterocycles. The van der Waals surface area contributed by atoms with Gasteiger partial charge in [0.05, 0.1) is 19.8 Å². The second-order valence-corrected chi connectivity index (χ2v) is 7.29. The molecule has 0 radical (unpaired) electrons. The van der Waals surface area contributed by atoms with Crippen LogP contribution >= 0.6 is 11.8 Å². The van der Waals surface area contributed by atoms with Crippen LogP contribution in [0.1, 0.15) is 42.1 Å². The van der Waals surface area contributed by atoms with Gasteiger partial charge in [-0.05, 0) is 25.0 Å². The average molecular weight is 390 g/mol. The van der Waals surface area contributed by atoms with Crippen molar-refractivity contribution in [1.29, 1.82) is 0 Å². The van der Waals surface area contributed by atoms with Gasteiger partial charge in [0.1, 0.15) is 11.3 Å². The maximum Gasteiger partial charge on any atom is 0.341 e. The number of hydrogen-bond donors (Lipinski definition) is 1. The Balaban J connectivity index is 1.66. The van der Waals surface area contributed by atoms with Gasteiger partial charge in [-0.25, -0.2) is 4.79 Å². The summed E-state index contributed by atoms with van der Waals surface area (Å²) >= 11 is 1.35. The molecule has 3 rings (SSSR count). The van der Waals surface area contributed by atoms with E-state index in [4.69, 9.17) is 9.47 Å². The van der Waals surface area contributed by atoms with Crippen LogP contribution < -0.4 is 10.3 Å². The van der Waals surface area contributed by atoms with Crippen LogP contribution in [0.15, 0.2) is 40.3 Å². The van der Waals surface area contributed by atoms with E-state index in [1.807, 2.05) is 0 Å². The molecule has 0 aliphatic heterocycles. The normalized spacial score (nSPS) is 14.3. The number of nitrogens with zero attached hydrogens (tertiary/aromatic N) is 2. The van der Waals surface area contributed by atoms with Crippen LogP contribution in [0.2, 0.25) is 0 Å². The number of rotatable bonds is 7. The van der Waals surface area contributed by atoms with Gasteiger partial charge >= 0.3 is 5.97 Å². The lowest BCUT2D eigenvalue weighted by molar-refractivity contribution is 0.0596. The van der Waals surface area contributed by atoms with Crippen molar-refractivity contribution in [3.8, 4) is 11.6 Å². The molecule has 27 heavy (non-hydrogen) atoms. The van der Waals surface area contributed by atoms with Gasteiger partial charge in [-0.15, -0.1) is 0 Å². The Bertz CT molecular complexity index is 861. The molecule has 0 atom stereocenters. The zero-order valence-electron chi connectivity index (χ0n) is 15.1. The molecule has 7 nitrogen and oxygen atoms in total. The van der Waals surface area contributed by atoms with Gasteiger partial charge in [-0.2, -0.15) is 4.98 Å². The fourth-order valence-electron chi connectivity index (χ4n) is 3.21. The zero-order valence-corrected chi connectivity index (χ0v) is 15.9. The SMILES string of the molecule is COC(=O)c1ccccc1OCCSc1nc(O)cc(=O)n1C1CCCC1. The van der Waals surface area contributed by atoms with Crippen LogP contribution in [-0.4, -0.2) is 40.1 Å². The van der Waals surface area contributed by atoms with Crippen LogP contribution in [0.4, 0.5) is 0 Å². The van der Waals surface area contributed by atoms with Crippen LogP contribution in [0.25, 0.3) is 0 Å². The fraction of sp³-hybridized carbons (Fsp3) is 0.421. The number of ether oxygens (including phenoxy) is 2. The quantitative estimate of drug-likeness (QED) is 0.336. The van der Waals surface area contributed by atoms with Gasteiger partial charge < -0.3 is 14.6 Å². The topological polar surface area (TPSA) is 90.7 Å². The van der Waals surface area contributed by atoms with E-state index in [-0.39, 0.29) is 17.5 Å². The molecule has 1 saturated carbocycles. The lowest BCUT2D eigenvalue weighted by atomic mass is 10.2. The van der Waals surface area contributed by atoms with E-state index in [9.17, 15) is 14.7 Å². The molecule has 0 unspecified atom stereocenters. The lowest BCUT2D eigenvalue weighted by Crippen LogP contribution is -2.25. The Morgan fingerprint density at radius 3 is 2.81 bits per heavy atom. The number of hydrogen-bond acceptors (Lipinski definition) is 7. The number of methoxy groups -OCH3 is 1. The molecule has 1 fully saturated rings. The maximum absolute atomic E-state index is 12.3. The summed E-state index contributed by atoms with van der Waals surface area (Å²) in [5.74, 6) is 0.233. The second-order valence-electron chi connectivity index (χ2n) is 6.23. The summed E-state index contributed by atoms with van der Waals surface area (Å²) in [5, 5.41) is 10.2. The molecule has 0 spiro atoms. The Labute approximate surface area is 161 Å². The van der Waals surface area contributed by atoms with Gasteiger partial charge in [-0.3, -0.25) is 9.36 Å². The summed E-state index contributed by atoms with van der Waals surface area (Å²) in [4.78, 5) is 28.2. The van der Waals surface area contributed by atoms with Gasteiger partial charge in [0.25, 0.3) is 5.56 Å². The minimum Gasteiger partial charge on any atom is -0.493 e. The Morgan fingerprint density at radius 1 is 1.33 bits per heavy atom. The Hall–Kier alpha value is -2.48. The van der Waals surface area contributed by atoms with E-state index >= 15 is 0 Å². The third kappa shape index (κ3) is 4.63. The first-order valence-electron chi connectivity index (χ1n) is 8.85. The van der Waals surface area contributed by atoms with Gasteiger partial charge in [0.2, 0.25) is 5.88 Å². The van der Waals surface area contributed by atoms with Crippen LogP contribution in [0.5, 0.6) is 11.6 Å². The summed E-state index contributed by atoms with van der Waals surface area (Å²) in [6.45, 7) is 0.314. The van der Waals surface area contributed by atoms with Gasteiger partial charge in [0.15, 0.2) is 5.16 Å². The maximum atomic E-state index is 12.3. The molecular formula is C19H22N2O5S. The van der Waals surface area contributed by atoms with E-state index in [1.54, 1.807) is 28.8 Å². The summed E-state index contributed by atoms with van der Waals surface area (Å²) in [7, 11) is 1.32. The van der Waals surface area contributed by atoms with Crippen molar-refractivity contribution in [3.63, 3.8) is 0 Å². The van der Waals surface area contributed by atoms with Crippen molar-refractivity contribution >= 4 is 17.7 Å². The van der Waals surface area contributed by atoms with E-state index in [2.05, 4.69) is 4.98 Å². The standard InChI is InChI=1S/C19H22N2O5S/c1-25-18(24)14-8-4-5-9-15(14)26-10-11-27-19-20-16(22)12-17(23)21(19)13-6-2-3-7-13/h4-5,8-9,12-13,22H,2-3,6-7,10-11H2,1H3. The first kappa shape index (κ1) is 19.3. The highest BCUT2D eigenvalue weighted by atomic mass is 32.2. The van der Waals surface area contributed by atoms with Gasteiger partial charge in [0, 0.05) is 11.8 Å². The molecule has 1 aromatic carbocycles. The minimum atomic E-state index is -0.456. The molecule has 8 heteroatoms. The van der Waals surface area contributed by atoms with E-state index < -0.39 is 5.97 Å². The average Bonchev–Trinajstić information content (AvgIpc) is 3.18. The number of para-hydroxylation sites is 1. The van der Waals surface area contributed by atoms with Crippen molar-refractivity contribution < 1.29 is 19.4 Å². The first-order valence-corrected chi connectivity index (χ1v) is 9.84. The molecule has 144 valence electrons. The number of carbonyl (C=O) groups excluding carboxylic acids is 1. The highest BCUT2D eigenvalue weighted by molar-refractivity contribution is 7.99. The van der Waals surface area contributed by atoms with Crippen LogP contribution in [-0.2, 0) is 4.74 Å². The second kappa shape index (κ2) is 8.94. The molecule has 1 aliphatic carbocycles. The van der Waals surface area contributed by atoms with E-state index in [0.29, 0.717) is 28.8 Å². The van der Waals surface area contributed by atoms with Crippen LogP contribution in [0.3, 0.4) is 0 Å². The largest absolute Gasteiger partial charge is 0.493 e. The van der Waals surface area contributed by atoms with Crippen LogP contribution in [0, 0.1) is 0 Å². The monoisotopic (exact) mass is 390 g/mol.